The van der Waals surface area contributed by atoms with E-state index in [0.717, 1.165) is 0 Å². The number of methoxy groups -OCH3 is 1. The molecule has 0 saturated heterocycles. The minimum absolute atomic E-state index is 0.0325. The van der Waals surface area contributed by atoms with Gasteiger partial charge in [-0.25, -0.2) is 14.4 Å². The number of aromatic nitrogens is 4. The maximum atomic E-state index is 14.1. The highest BCUT2D eigenvalue weighted by molar-refractivity contribution is 5.30. The first-order valence-electron chi connectivity index (χ1n) is 5.55. The Morgan fingerprint density at radius 1 is 1.50 bits per heavy atom. The molecule has 0 aliphatic rings. The van der Waals surface area contributed by atoms with Gasteiger partial charge in [-0.3, -0.25) is 5.10 Å². The van der Waals surface area contributed by atoms with Crippen molar-refractivity contribution in [2.75, 3.05) is 13.7 Å². The highest BCUT2D eigenvalue weighted by atomic mass is 19.1. The van der Waals surface area contributed by atoms with Gasteiger partial charge in [-0.05, 0) is 12.6 Å². The van der Waals surface area contributed by atoms with Gasteiger partial charge in [-0.2, -0.15) is 5.10 Å². The van der Waals surface area contributed by atoms with Crippen LogP contribution >= 0.6 is 0 Å². The van der Waals surface area contributed by atoms with Crippen LogP contribution in [-0.2, 0) is 0 Å². The maximum Gasteiger partial charge on any atom is 0.250 e. The number of halogens is 1. The summed E-state index contributed by atoms with van der Waals surface area (Å²) in [5, 5.41) is 9.65. The molecule has 2 aromatic heterocycles. The first-order valence-corrected chi connectivity index (χ1v) is 5.55. The Hall–Kier alpha value is -2.02. The number of rotatable bonds is 5. The predicted octanol–water partition coefficient (Wildman–Crippen LogP) is 1.05. The molecule has 2 rings (SSSR count). The highest BCUT2D eigenvalue weighted by Gasteiger charge is 2.22. The Bertz CT molecular complexity index is 502. The number of nitrogens with one attached hydrogen (secondary N) is 2. The van der Waals surface area contributed by atoms with Gasteiger partial charge in [0.25, 0.3) is 0 Å². The van der Waals surface area contributed by atoms with Crippen LogP contribution in [0.3, 0.4) is 0 Å². The Labute approximate surface area is 104 Å². The summed E-state index contributed by atoms with van der Waals surface area (Å²) >= 11 is 0. The molecule has 1 atom stereocenters. The minimum atomic E-state index is -0.498. The van der Waals surface area contributed by atoms with E-state index in [4.69, 9.17) is 4.74 Å². The van der Waals surface area contributed by atoms with Crippen LogP contribution in [0.4, 0.5) is 4.39 Å². The molecule has 1 unspecified atom stereocenters. The van der Waals surface area contributed by atoms with Gasteiger partial charge in [0.1, 0.15) is 12.2 Å². The van der Waals surface area contributed by atoms with Crippen molar-refractivity contribution >= 4 is 0 Å². The van der Waals surface area contributed by atoms with Crippen LogP contribution in [0.25, 0.3) is 0 Å². The molecule has 18 heavy (non-hydrogen) atoms. The summed E-state index contributed by atoms with van der Waals surface area (Å²) in [6, 6.07) is 1.18. The molecule has 0 saturated carbocycles. The van der Waals surface area contributed by atoms with Crippen LogP contribution in [0, 0.1) is 5.82 Å². The standard InChI is InChI=1S/C11H14FN5O/c1-3-13-9(10-15-6-16-17-10)7-4-5-14-11(18-2)8(7)12/h4-6,9,13H,3H2,1-2H3,(H,15,16,17). The van der Waals surface area contributed by atoms with E-state index in [-0.39, 0.29) is 5.88 Å². The van der Waals surface area contributed by atoms with Crippen LogP contribution in [0.15, 0.2) is 18.6 Å². The molecule has 6 nitrogen and oxygen atoms in total. The van der Waals surface area contributed by atoms with Crippen LogP contribution in [0.1, 0.15) is 24.4 Å². The van der Waals surface area contributed by atoms with E-state index in [1.54, 1.807) is 6.07 Å². The first-order chi connectivity index (χ1) is 8.77. The Balaban J connectivity index is 2.43. The summed E-state index contributed by atoms with van der Waals surface area (Å²) in [5.74, 6) is 0.0151. The van der Waals surface area contributed by atoms with Gasteiger partial charge in [0.15, 0.2) is 5.82 Å². The normalized spacial score (nSPS) is 12.4. The van der Waals surface area contributed by atoms with Gasteiger partial charge in [0.05, 0.1) is 13.2 Å². The van der Waals surface area contributed by atoms with Crippen LogP contribution in [0.2, 0.25) is 0 Å². The van der Waals surface area contributed by atoms with Crippen LogP contribution < -0.4 is 10.1 Å². The van der Waals surface area contributed by atoms with Crippen LogP contribution in [-0.4, -0.2) is 33.8 Å². The predicted molar refractivity (Wildman–Crippen MR) is 62.6 cm³/mol. The highest BCUT2D eigenvalue weighted by Crippen LogP contribution is 2.25. The fourth-order valence-electron chi connectivity index (χ4n) is 1.72. The smallest absolute Gasteiger partial charge is 0.250 e. The molecule has 0 radical (unpaired) electrons. The van der Waals surface area contributed by atoms with Crippen molar-refractivity contribution in [3.8, 4) is 5.88 Å². The average molecular weight is 251 g/mol. The quantitative estimate of drug-likeness (QED) is 0.830. The average Bonchev–Trinajstić information content (AvgIpc) is 2.90. The van der Waals surface area contributed by atoms with Gasteiger partial charge in [-0.1, -0.05) is 6.92 Å². The minimum Gasteiger partial charge on any atom is -0.479 e. The lowest BCUT2D eigenvalue weighted by Crippen LogP contribution is -2.24. The number of pyridine rings is 1. The largest absolute Gasteiger partial charge is 0.479 e. The Kier molecular flexibility index (Phi) is 3.83. The van der Waals surface area contributed by atoms with E-state index in [2.05, 4.69) is 25.5 Å². The third-order valence-electron chi connectivity index (χ3n) is 2.51. The lowest BCUT2D eigenvalue weighted by atomic mass is 10.1. The van der Waals surface area contributed by atoms with Gasteiger partial charge in [-0.15, -0.1) is 0 Å². The zero-order valence-electron chi connectivity index (χ0n) is 10.1. The van der Waals surface area contributed by atoms with Crippen molar-refractivity contribution in [2.45, 2.75) is 13.0 Å². The van der Waals surface area contributed by atoms with E-state index in [0.29, 0.717) is 17.9 Å². The van der Waals surface area contributed by atoms with Crippen molar-refractivity contribution in [1.29, 1.82) is 0 Å². The van der Waals surface area contributed by atoms with E-state index in [9.17, 15) is 4.39 Å². The zero-order valence-corrected chi connectivity index (χ0v) is 10.1. The van der Waals surface area contributed by atoms with E-state index >= 15 is 0 Å². The van der Waals surface area contributed by atoms with E-state index in [1.165, 1.54) is 19.6 Å². The molecule has 0 aliphatic carbocycles. The van der Waals surface area contributed by atoms with Gasteiger partial charge in [0, 0.05) is 11.8 Å². The maximum absolute atomic E-state index is 14.1. The Morgan fingerprint density at radius 2 is 2.33 bits per heavy atom. The molecule has 0 aliphatic heterocycles. The van der Waals surface area contributed by atoms with Gasteiger partial charge in [0.2, 0.25) is 5.88 Å². The summed E-state index contributed by atoms with van der Waals surface area (Å²) in [7, 11) is 1.38. The molecular formula is C11H14FN5O. The number of hydrogen-bond acceptors (Lipinski definition) is 5. The van der Waals surface area contributed by atoms with Crippen molar-refractivity contribution in [2.24, 2.45) is 0 Å². The Morgan fingerprint density at radius 3 is 2.94 bits per heavy atom. The second kappa shape index (κ2) is 5.54. The lowest BCUT2D eigenvalue weighted by Gasteiger charge is -2.16. The SMILES string of the molecule is CCNC(c1ncn[nH]1)c1ccnc(OC)c1F. The monoisotopic (exact) mass is 251 g/mol. The third-order valence-corrected chi connectivity index (χ3v) is 2.51. The summed E-state index contributed by atoms with van der Waals surface area (Å²) in [4.78, 5) is 7.86. The van der Waals surface area contributed by atoms with Crippen molar-refractivity contribution in [3.05, 3.63) is 35.8 Å². The van der Waals surface area contributed by atoms with E-state index in [1.807, 2.05) is 6.92 Å². The molecule has 0 bridgehead atoms. The van der Waals surface area contributed by atoms with Gasteiger partial charge < -0.3 is 10.1 Å². The van der Waals surface area contributed by atoms with Crippen molar-refractivity contribution < 1.29 is 9.13 Å². The summed E-state index contributed by atoms with van der Waals surface area (Å²) in [5.41, 5.74) is 0.417. The molecule has 0 fully saturated rings. The number of aromatic amines is 1. The molecule has 0 aromatic carbocycles. The number of ether oxygens (including phenoxy) is 1. The molecule has 2 N–H and O–H groups in total. The number of hydrogen-bond donors (Lipinski definition) is 2. The third kappa shape index (κ3) is 2.30. The molecule has 96 valence electrons. The molecule has 0 amide bonds. The lowest BCUT2D eigenvalue weighted by molar-refractivity contribution is 0.364. The number of H-pyrrole nitrogens is 1. The van der Waals surface area contributed by atoms with Crippen molar-refractivity contribution in [1.82, 2.24) is 25.5 Å². The summed E-state index contributed by atoms with van der Waals surface area (Å²) in [6.45, 7) is 2.59. The molecule has 7 heteroatoms. The topological polar surface area (TPSA) is 75.7 Å². The second-order valence-electron chi connectivity index (χ2n) is 3.58. The summed E-state index contributed by atoms with van der Waals surface area (Å²) in [6.07, 6.45) is 2.88. The fourth-order valence-corrected chi connectivity index (χ4v) is 1.72. The van der Waals surface area contributed by atoms with Crippen molar-refractivity contribution in [3.63, 3.8) is 0 Å². The van der Waals surface area contributed by atoms with Gasteiger partial charge >= 0.3 is 0 Å². The summed E-state index contributed by atoms with van der Waals surface area (Å²) < 4.78 is 19.0. The molecule has 0 spiro atoms. The van der Waals surface area contributed by atoms with Crippen LogP contribution in [0.5, 0.6) is 5.88 Å². The zero-order chi connectivity index (χ0) is 13.0. The first kappa shape index (κ1) is 12.4. The van der Waals surface area contributed by atoms with E-state index < -0.39 is 11.9 Å². The molecule has 2 heterocycles. The molecule has 2 aromatic rings. The molecular weight excluding hydrogens is 237 g/mol. The number of nitrogens with zero attached hydrogens (tertiary/aromatic N) is 3. The fraction of sp³-hybridized carbons (Fsp3) is 0.364. The second-order valence-corrected chi connectivity index (χ2v) is 3.58.